The molecule has 1 saturated heterocycles. The Morgan fingerprint density at radius 3 is 2.65 bits per heavy atom. The van der Waals surface area contributed by atoms with Crippen LogP contribution in [0.4, 0.5) is 0 Å². The fraction of sp³-hybridized carbons (Fsp3) is 0.583. The second-order valence-corrected chi connectivity index (χ2v) is 5.33. The summed E-state index contributed by atoms with van der Waals surface area (Å²) in [6.07, 6.45) is 2.91. The molecule has 5 heteroatoms. The highest BCUT2D eigenvalue weighted by molar-refractivity contribution is 9.10. The Hall–Kier alpha value is -0.130. The lowest BCUT2D eigenvalue weighted by Gasteiger charge is -2.21. The van der Waals surface area contributed by atoms with Gasteiger partial charge in [0.2, 0.25) is 0 Å². The molecule has 2 rings (SSSR count). The molecule has 0 aliphatic carbocycles. The van der Waals surface area contributed by atoms with Crippen molar-refractivity contribution in [3.05, 3.63) is 21.9 Å². The van der Waals surface area contributed by atoms with Crippen LogP contribution in [0.15, 0.2) is 10.5 Å². The first-order valence-corrected chi connectivity index (χ1v) is 6.55. The van der Waals surface area contributed by atoms with Gasteiger partial charge in [-0.25, -0.2) is 0 Å². The van der Waals surface area contributed by atoms with E-state index in [4.69, 9.17) is 0 Å². The van der Waals surface area contributed by atoms with Gasteiger partial charge in [-0.2, -0.15) is 0 Å². The van der Waals surface area contributed by atoms with E-state index in [9.17, 15) is 4.79 Å². The number of nitrogens with one attached hydrogen (secondary N) is 2. The molecule has 0 spiro atoms. The highest BCUT2D eigenvalue weighted by Crippen LogP contribution is 2.22. The third-order valence-corrected chi connectivity index (χ3v) is 4.01. The van der Waals surface area contributed by atoms with Crippen molar-refractivity contribution >= 4 is 38.7 Å². The van der Waals surface area contributed by atoms with Crippen molar-refractivity contribution in [2.24, 2.45) is 5.92 Å². The van der Waals surface area contributed by atoms with Gasteiger partial charge in [0.1, 0.15) is 0 Å². The summed E-state index contributed by atoms with van der Waals surface area (Å²) in [6.45, 7) is 4.06. The summed E-state index contributed by atoms with van der Waals surface area (Å²) < 4.78 is 0.987. The number of aryl methyl sites for hydroxylation is 1. The van der Waals surface area contributed by atoms with E-state index in [-0.39, 0.29) is 22.8 Å². The lowest BCUT2D eigenvalue weighted by atomic mass is 9.92. The van der Waals surface area contributed by atoms with Gasteiger partial charge in [0.25, 0.3) is 0 Å². The zero-order valence-electron chi connectivity index (χ0n) is 9.88. The molecule has 0 aromatic carbocycles. The van der Waals surface area contributed by atoms with Crippen LogP contribution in [0, 0.1) is 12.8 Å². The van der Waals surface area contributed by atoms with E-state index in [1.807, 2.05) is 13.0 Å². The van der Waals surface area contributed by atoms with Gasteiger partial charge in [0.05, 0.1) is 5.69 Å². The zero-order valence-corrected chi connectivity index (χ0v) is 13.2. The first kappa shape index (κ1) is 14.9. The summed E-state index contributed by atoms with van der Waals surface area (Å²) in [5.41, 5.74) is 1.76. The third kappa shape index (κ3) is 3.93. The minimum atomic E-state index is 0. The maximum atomic E-state index is 12.0. The van der Waals surface area contributed by atoms with Crippen molar-refractivity contribution in [3.63, 3.8) is 0 Å². The molecule has 1 aliphatic heterocycles. The molecule has 0 atom stereocenters. The first-order valence-electron chi connectivity index (χ1n) is 5.76. The summed E-state index contributed by atoms with van der Waals surface area (Å²) in [4.78, 5) is 15.1. The van der Waals surface area contributed by atoms with Gasteiger partial charge in [-0.3, -0.25) is 4.79 Å². The Bertz CT molecular complexity index is 364. The Labute approximate surface area is 121 Å². The fourth-order valence-corrected chi connectivity index (χ4v) is 2.47. The van der Waals surface area contributed by atoms with Crippen LogP contribution in [0.25, 0.3) is 0 Å². The number of aromatic nitrogens is 1. The molecule has 2 N–H and O–H groups in total. The third-order valence-electron chi connectivity index (χ3n) is 3.18. The average Bonchev–Trinajstić information content (AvgIpc) is 2.61. The van der Waals surface area contributed by atoms with E-state index in [0.717, 1.165) is 41.8 Å². The highest BCUT2D eigenvalue weighted by Gasteiger charge is 2.19. The summed E-state index contributed by atoms with van der Waals surface area (Å²) in [5, 5.41) is 3.31. The minimum Gasteiger partial charge on any atom is -0.355 e. The Morgan fingerprint density at radius 2 is 2.12 bits per heavy atom. The van der Waals surface area contributed by atoms with E-state index >= 15 is 0 Å². The SMILES string of the molecule is Br.Cc1[nH]c(C(=O)CC2CCNCC2)cc1Br. The largest absolute Gasteiger partial charge is 0.355 e. The number of H-pyrrole nitrogens is 1. The van der Waals surface area contributed by atoms with Crippen LogP contribution in [0.1, 0.15) is 35.4 Å². The molecule has 0 unspecified atom stereocenters. The van der Waals surface area contributed by atoms with E-state index in [1.54, 1.807) is 0 Å². The van der Waals surface area contributed by atoms with Crippen LogP contribution in [0.3, 0.4) is 0 Å². The molecular weight excluding hydrogens is 348 g/mol. The van der Waals surface area contributed by atoms with Crippen molar-refractivity contribution < 1.29 is 4.79 Å². The first-order chi connectivity index (χ1) is 7.66. The van der Waals surface area contributed by atoms with Crippen molar-refractivity contribution in [1.29, 1.82) is 0 Å². The van der Waals surface area contributed by atoms with Crippen molar-refractivity contribution in [3.8, 4) is 0 Å². The second-order valence-electron chi connectivity index (χ2n) is 4.48. The van der Waals surface area contributed by atoms with Crippen LogP contribution >= 0.6 is 32.9 Å². The average molecular weight is 366 g/mol. The van der Waals surface area contributed by atoms with E-state index in [1.165, 1.54) is 0 Å². The number of Topliss-reactive ketones (excluding diaryl/α,β-unsaturated/α-hetero) is 1. The monoisotopic (exact) mass is 364 g/mol. The lowest BCUT2D eigenvalue weighted by molar-refractivity contribution is 0.0948. The Balaban J connectivity index is 0.00000144. The van der Waals surface area contributed by atoms with Gasteiger partial charge in [-0.15, -0.1) is 17.0 Å². The molecule has 2 heterocycles. The maximum Gasteiger partial charge on any atom is 0.179 e. The molecule has 1 fully saturated rings. The number of hydrogen-bond donors (Lipinski definition) is 2. The number of halogens is 2. The van der Waals surface area contributed by atoms with Crippen LogP contribution in [-0.2, 0) is 0 Å². The van der Waals surface area contributed by atoms with Gasteiger partial charge < -0.3 is 10.3 Å². The zero-order chi connectivity index (χ0) is 11.5. The molecule has 17 heavy (non-hydrogen) atoms. The predicted octanol–water partition coefficient (Wildman–Crippen LogP) is 3.24. The maximum absolute atomic E-state index is 12.0. The van der Waals surface area contributed by atoms with Crippen molar-refractivity contribution in [2.45, 2.75) is 26.2 Å². The summed E-state index contributed by atoms with van der Waals surface area (Å²) in [6, 6.07) is 1.89. The van der Waals surface area contributed by atoms with Gasteiger partial charge in [-0.1, -0.05) is 0 Å². The number of piperidine rings is 1. The van der Waals surface area contributed by atoms with E-state index in [2.05, 4.69) is 26.2 Å². The van der Waals surface area contributed by atoms with E-state index in [0.29, 0.717) is 12.3 Å². The van der Waals surface area contributed by atoms with Crippen LogP contribution in [0.5, 0.6) is 0 Å². The standard InChI is InChI=1S/C12H17BrN2O.BrH/c1-8-10(13)7-11(15-8)12(16)6-9-2-4-14-5-3-9;/h7,9,14-15H,2-6H2,1H3;1H. The quantitative estimate of drug-likeness (QED) is 0.807. The molecule has 1 aromatic heterocycles. The minimum absolute atomic E-state index is 0. The van der Waals surface area contributed by atoms with Gasteiger partial charge >= 0.3 is 0 Å². The van der Waals surface area contributed by atoms with Gasteiger partial charge in [0, 0.05) is 16.6 Å². The molecule has 0 bridgehead atoms. The van der Waals surface area contributed by atoms with Gasteiger partial charge in [0.15, 0.2) is 5.78 Å². The number of carbonyl (C=O) groups excluding carboxylic acids is 1. The number of ketones is 1. The molecule has 0 saturated carbocycles. The molecule has 96 valence electrons. The van der Waals surface area contributed by atoms with Gasteiger partial charge in [-0.05, 0) is 60.8 Å². The molecule has 3 nitrogen and oxygen atoms in total. The summed E-state index contributed by atoms with van der Waals surface area (Å²) in [5.74, 6) is 0.789. The van der Waals surface area contributed by atoms with Crippen molar-refractivity contribution in [1.82, 2.24) is 10.3 Å². The molecule has 0 amide bonds. The Morgan fingerprint density at radius 1 is 1.47 bits per heavy atom. The number of rotatable bonds is 3. The Kier molecular flexibility index (Phi) is 5.89. The lowest BCUT2D eigenvalue weighted by Crippen LogP contribution is -2.28. The second kappa shape index (κ2) is 6.71. The number of hydrogen-bond acceptors (Lipinski definition) is 2. The normalized spacial score (nSPS) is 16.6. The predicted molar refractivity (Wildman–Crippen MR) is 78.1 cm³/mol. The molecule has 1 aliphatic rings. The molecule has 1 aromatic rings. The fourth-order valence-electron chi connectivity index (χ4n) is 2.14. The van der Waals surface area contributed by atoms with Crippen LogP contribution < -0.4 is 5.32 Å². The summed E-state index contributed by atoms with van der Waals surface area (Å²) >= 11 is 3.42. The highest BCUT2D eigenvalue weighted by atomic mass is 79.9. The van der Waals surface area contributed by atoms with Crippen LogP contribution in [-0.4, -0.2) is 23.9 Å². The number of aromatic amines is 1. The molecule has 0 radical (unpaired) electrons. The number of carbonyl (C=O) groups is 1. The summed E-state index contributed by atoms with van der Waals surface area (Å²) in [7, 11) is 0. The topological polar surface area (TPSA) is 44.9 Å². The van der Waals surface area contributed by atoms with Crippen LogP contribution in [0.2, 0.25) is 0 Å². The molecular formula is C12H18Br2N2O. The van der Waals surface area contributed by atoms with E-state index < -0.39 is 0 Å². The smallest absolute Gasteiger partial charge is 0.179 e. The van der Waals surface area contributed by atoms with Crippen molar-refractivity contribution in [2.75, 3.05) is 13.1 Å².